The van der Waals surface area contributed by atoms with Crippen LogP contribution in [0, 0.1) is 6.92 Å². The Morgan fingerprint density at radius 2 is 2.17 bits per heavy atom. The van der Waals surface area contributed by atoms with Crippen LogP contribution in [0.15, 0.2) is 24.9 Å². The van der Waals surface area contributed by atoms with E-state index in [1.807, 2.05) is 44.3 Å². The van der Waals surface area contributed by atoms with Crippen molar-refractivity contribution in [2.45, 2.75) is 13.8 Å². The molecule has 0 radical (unpaired) electrons. The molecular formula is C11H13N. The van der Waals surface area contributed by atoms with E-state index in [2.05, 4.69) is 11.6 Å². The Kier molecular flexibility index (Phi) is 2.81. The Hall–Kier alpha value is -1.37. The molecule has 1 nitrogen and oxygen atoms in total. The molecule has 0 saturated heterocycles. The molecule has 0 aromatic carbocycles. The van der Waals surface area contributed by atoms with Gasteiger partial charge in [-0.05, 0) is 31.0 Å². The second-order valence-corrected chi connectivity index (χ2v) is 2.66. The molecule has 0 aliphatic rings. The van der Waals surface area contributed by atoms with E-state index in [4.69, 9.17) is 0 Å². The summed E-state index contributed by atoms with van der Waals surface area (Å²) in [6.45, 7) is 7.72. The van der Waals surface area contributed by atoms with Gasteiger partial charge in [-0.1, -0.05) is 24.8 Å². The van der Waals surface area contributed by atoms with Crippen molar-refractivity contribution in [1.82, 2.24) is 4.98 Å². The molecule has 0 fully saturated rings. The van der Waals surface area contributed by atoms with Gasteiger partial charge in [0, 0.05) is 11.9 Å². The van der Waals surface area contributed by atoms with Crippen molar-refractivity contribution in [3.05, 3.63) is 41.7 Å². The van der Waals surface area contributed by atoms with Crippen LogP contribution < -0.4 is 0 Å². The normalized spacial score (nSPS) is 10.5. The zero-order valence-electron chi connectivity index (χ0n) is 7.54. The summed E-state index contributed by atoms with van der Waals surface area (Å²) in [5.74, 6) is 0. The maximum Gasteiger partial charge on any atom is 0.0379 e. The Morgan fingerprint density at radius 3 is 2.75 bits per heavy atom. The maximum atomic E-state index is 4.21. The molecule has 0 bridgehead atoms. The summed E-state index contributed by atoms with van der Waals surface area (Å²) in [4.78, 5) is 4.21. The lowest BCUT2D eigenvalue weighted by Crippen LogP contribution is -1.86. The van der Waals surface area contributed by atoms with Crippen molar-refractivity contribution < 1.29 is 0 Å². The summed E-state index contributed by atoms with van der Waals surface area (Å²) in [5.41, 5.74) is 3.29. The summed E-state index contributed by atoms with van der Waals surface area (Å²) >= 11 is 0. The Bertz CT molecular complexity index is 311. The smallest absolute Gasteiger partial charge is 0.0379 e. The summed E-state index contributed by atoms with van der Waals surface area (Å²) in [5, 5.41) is 0. The van der Waals surface area contributed by atoms with Crippen molar-refractivity contribution in [2.24, 2.45) is 0 Å². The van der Waals surface area contributed by atoms with E-state index in [-0.39, 0.29) is 0 Å². The average molecular weight is 159 g/mol. The summed E-state index contributed by atoms with van der Waals surface area (Å²) < 4.78 is 0. The van der Waals surface area contributed by atoms with Gasteiger partial charge in [0.2, 0.25) is 0 Å². The Labute approximate surface area is 73.5 Å². The van der Waals surface area contributed by atoms with Crippen LogP contribution in [0.3, 0.4) is 0 Å². The highest BCUT2D eigenvalue weighted by atomic mass is 14.7. The fraction of sp³-hybridized carbons (Fsp3) is 0.182. The van der Waals surface area contributed by atoms with Gasteiger partial charge in [0.25, 0.3) is 0 Å². The van der Waals surface area contributed by atoms with E-state index in [0.717, 1.165) is 16.8 Å². The van der Waals surface area contributed by atoms with Crippen LogP contribution in [0.25, 0.3) is 12.2 Å². The molecule has 0 amide bonds. The second-order valence-electron chi connectivity index (χ2n) is 2.66. The molecule has 62 valence electrons. The van der Waals surface area contributed by atoms with Crippen LogP contribution in [0.4, 0.5) is 0 Å². The number of allylic oxidation sites excluding steroid dienone is 1. The summed E-state index contributed by atoms with van der Waals surface area (Å²) in [7, 11) is 0. The molecule has 12 heavy (non-hydrogen) atoms. The number of hydrogen-bond acceptors (Lipinski definition) is 1. The molecule has 0 unspecified atom stereocenters. The predicted molar refractivity (Wildman–Crippen MR) is 53.8 cm³/mol. The van der Waals surface area contributed by atoms with Gasteiger partial charge in [-0.25, -0.2) is 0 Å². The van der Waals surface area contributed by atoms with E-state index < -0.39 is 0 Å². The van der Waals surface area contributed by atoms with Crippen LogP contribution in [-0.2, 0) is 0 Å². The number of aromatic nitrogens is 1. The first kappa shape index (κ1) is 8.72. The van der Waals surface area contributed by atoms with Crippen molar-refractivity contribution in [3.8, 4) is 0 Å². The minimum Gasteiger partial charge on any atom is -0.261 e. The monoisotopic (exact) mass is 159 g/mol. The zero-order chi connectivity index (χ0) is 8.97. The minimum atomic E-state index is 1.03. The molecule has 1 aromatic heterocycles. The lowest BCUT2D eigenvalue weighted by molar-refractivity contribution is 1.19. The molecular weight excluding hydrogens is 146 g/mol. The summed E-state index contributed by atoms with van der Waals surface area (Å²) in [6.07, 6.45) is 7.75. The summed E-state index contributed by atoms with van der Waals surface area (Å²) in [6, 6.07) is 2.03. The number of pyridine rings is 1. The van der Waals surface area contributed by atoms with Gasteiger partial charge in [-0.3, -0.25) is 4.98 Å². The van der Waals surface area contributed by atoms with Gasteiger partial charge < -0.3 is 0 Å². The largest absolute Gasteiger partial charge is 0.261 e. The zero-order valence-corrected chi connectivity index (χ0v) is 7.54. The first-order valence-corrected chi connectivity index (χ1v) is 3.99. The predicted octanol–water partition coefficient (Wildman–Crippen LogP) is 3.07. The van der Waals surface area contributed by atoms with E-state index in [9.17, 15) is 0 Å². The van der Waals surface area contributed by atoms with E-state index >= 15 is 0 Å². The maximum absolute atomic E-state index is 4.21. The van der Waals surface area contributed by atoms with Gasteiger partial charge in [0.15, 0.2) is 0 Å². The third-order valence-electron chi connectivity index (χ3n) is 1.67. The highest BCUT2D eigenvalue weighted by Crippen LogP contribution is 2.12. The van der Waals surface area contributed by atoms with Crippen LogP contribution in [0.1, 0.15) is 23.7 Å². The van der Waals surface area contributed by atoms with Gasteiger partial charge in [0.05, 0.1) is 0 Å². The number of nitrogens with zero attached hydrogens (tertiary/aromatic N) is 1. The molecule has 0 atom stereocenters. The topological polar surface area (TPSA) is 12.9 Å². The number of hydrogen-bond donors (Lipinski definition) is 0. The fourth-order valence-electron chi connectivity index (χ4n) is 1.09. The lowest BCUT2D eigenvalue weighted by Gasteiger charge is -2.00. The molecule has 0 spiro atoms. The Balaban J connectivity index is 3.19. The highest BCUT2D eigenvalue weighted by molar-refractivity contribution is 5.63. The minimum absolute atomic E-state index is 1.03. The molecule has 0 N–H and O–H groups in total. The quantitative estimate of drug-likeness (QED) is 0.646. The molecule has 1 aromatic rings. The molecule has 0 saturated carbocycles. The van der Waals surface area contributed by atoms with Crippen LogP contribution in [0.5, 0.6) is 0 Å². The van der Waals surface area contributed by atoms with E-state index in [1.165, 1.54) is 0 Å². The Morgan fingerprint density at radius 1 is 1.42 bits per heavy atom. The first-order chi connectivity index (χ1) is 5.77. The molecule has 1 heterocycles. The molecule has 1 heteroatoms. The molecule has 0 aliphatic heterocycles. The average Bonchev–Trinajstić information content (AvgIpc) is 2.08. The van der Waals surface area contributed by atoms with Crippen molar-refractivity contribution >= 4 is 12.2 Å². The number of aryl methyl sites for hydroxylation is 1. The van der Waals surface area contributed by atoms with Gasteiger partial charge in [-0.2, -0.15) is 0 Å². The second kappa shape index (κ2) is 3.86. The number of rotatable bonds is 2. The third-order valence-corrected chi connectivity index (χ3v) is 1.67. The molecule has 0 aliphatic carbocycles. The van der Waals surface area contributed by atoms with Gasteiger partial charge >= 0.3 is 0 Å². The van der Waals surface area contributed by atoms with Crippen molar-refractivity contribution in [3.63, 3.8) is 0 Å². The van der Waals surface area contributed by atoms with Crippen LogP contribution in [-0.4, -0.2) is 4.98 Å². The van der Waals surface area contributed by atoms with Crippen molar-refractivity contribution in [2.75, 3.05) is 0 Å². The van der Waals surface area contributed by atoms with Gasteiger partial charge in [0.1, 0.15) is 0 Å². The fourth-order valence-corrected chi connectivity index (χ4v) is 1.09. The van der Waals surface area contributed by atoms with E-state index in [1.54, 1.807) is 0 Å². The molecule has 1 rings (SSSR count). The standard InChI is InChI=1S/C11H13N/c1-4-6-11-8-12-9(3)7-10(11)5-2/h4-8H,2H2,1,3H3/b6-4-. The lowest BCUT2D eigenvalue weighted by atomic mass is 10.1. The van der Waals surface area contributed by atoms with Crippen molar-refractivity contribution in [1.29, 1.82) is 0 Å². The first-order valence-electron chi connectivity index (χ1n) is 3.99. The van der Waals surface area contributed by atoms with Crippen LogP contribution in [0.2, 0.25) is 0 Å². The van der Waals surface area contributed by atoms with Gasteiger partial charge in [-0.15, -0.1) is 0 Å². The SMILES string of the molecule is C=Cc1cc(C)ncc1/C=C\C. The highest BCUT2D eigenvalue weighted by Gasteiger charge is 1.95. The third kappa shape index (κ3) is 1.82. The van der Waals surface area contributed by atoms with Crippen LogP contribution >= 0.6 is 0 Å². The van der Waals surface area contributed by atoms with E-state index in [0.29, 0.717) is 0 Å².